The second kappa shape index (κ2) is 20.7. The molecule has 0 radical (unpaired) electrons. The summed E-state index contributed by atoms with van der Waals surface area (Å²) < 4.78 is 0. The van der Waals surface area contributed by atoms with Gasteiger partial charge in [-0.3, -0.25) is 53.3 Å². The summed E-state index contributed by atoms with van der Waals surface area (Å²) in [6.07, 6.45) is -1.84. The number of nitrogens with two attached hydrogens (primary N) is 1. The quantitative estimate of drug-likeness (QED) is 0.100. The third-order valence-corrected chi connectivity index (χ3v) is 12.6. The molecule has 2 aromatic rings. The number of H-pyrrole nitrogens is 1. The number of rotatable bonds is 7. The second-order valence-electron chi connectivity index (χ2n) is 16.0. The second-order valence-corrected chi connectivity index (χ2v) is 17.0. The van der Waals surface area contributed by atoms with Gasteiger partial charge >= 0.3 is 0 Å². The maximum absolute atomic E-state index is 14.4. The van der Waals surface area contributed by atoms with Crippen LogP contribution in [0.2, 0.25) is 0 Å². The zero-order chi connectivity index (χ0) is 46.3. The van der Waals surface area contributed by atoms with Gasteiger partial charge in [0, 0.05) is 42.7 Å². The van der Waals surface area contributed by atoms with Crippen LogP contribution in [0.15, 0.2) is 23.2 Å². The third-order valence-electron chi connectivity index (χ3n) is 11.5. The smallest absolute Gasteiger partial charge is 0.271 e. The van der Waals surface area contributed by atoms with E-state index in [0.29, 0.717) is 23.8 Å². The van der Waals surface area contributed by atoms with Crippen molar-refractivity contribution in [3.63, 3.8) is 0 Å². The standard InChI is InChI=1S/C39H53N11O12S/c1-5-17(3)31-36(58)42-13-29(53)43-26-16-63-38-22(21-8-7-19(50(61)62)9-23(21)46-38)11-24(33(55)41-14-30(54)47-31)44-37(59)32(18(4)6-2)48-35(57)27-10-20(51)15-49(27)39(60)25(12-28(40)52)45-34(26)56/h7-9,17-18,20,24-27,31-32,46,51H,5-6,10-16H2,1-4H3,(H2,40,52)(H,41,55)(H,42,58)(H,43,53)(H,44,59)(H,45,56)(H,47,54)(H,48,57)/t17-,18-,20+,24-,25-,26-,27-,31-,32-/m0/s1. The minimum absolute atomic E-state index is 0.229. The SMILES string of the molecule is CC[C@H](C)[C@@H]1NC(=O)CNC(=O)[C@@H]2Cc3c([nH]c4cc([N+](=O)[O-])ccc34)SC[C@H](NC(=O)CNC1=O)C(=O)N[C@@H](CC(N)=O)C(=O)N1C[C@H](O)C[C@H]1C(=O)N[C@@H]([C@@H](C)CC)C(=O)N2. The molecular formula is C39H53N11O12S. The van der Waals surface area contributed by atoms with E-state index in [0.717, 1.165) is 16.7 Å². The zero-order valence-electron chi connectivity index (χ0n) is 35.1. The van der Waals surface area contributed by atoms with Crippen LogP contribution in [0.3, 0.4) is 0 Å². The average Bonchev–Trinajstić information content (AvgIpc) is 3.81. The Labute approximate surface area is 365 Å². The first-order valence-corrected chi connectivity index (χ1v) is 21.5. The van der Waals surface area contributed by atoms with Gasteiger partial charge in [-0.05, 0) is 23.5 Å². The van der Waals surface area contributed by atoms with E-state index < -0.39 is 138 Å². The molecule has 0 saturated carbocycles. The molecule has 1 fully saturated rings. The van der Waals surface area contributed by atoms with E-state index in [4.69, 9.17) is 5.73 Å². The van der Waals surface area contributed by atoms with Crippen molar-refractivity contribution in [1.82, 2.24) is 47.1 Å². The molecule has 0 aliphatic carbocycles. The largest absolute Gasteiger partial charge is 0.391 e. The lowest BCUT2D eigenvalue weighted by Gasteiger charge is -2.32. The zero-order valence-corrected chi connectivity index (χ0v) is 35.9. The molecule has 23 nitrogen and oxygen atoms in total. The van der Waals surface area contributed by atoms with Crippen molar-refractivity contribution in [2.75, 3.05) is 25.4 Å². The molecular weight excluding hydrogens is 847 g/mol. The Hall–Kier alpha value is -6.30. The van der Waals surface area contributed by atoms with Crippen LogP contribution in [0, 0.1) is 22.0 Å². The topological polar surface area (TPSA) is 346 Å². The highest BCUT2D eigenvalue weighted by Gasteiger charge is 2.44. The number of nitro groups is 1. The predicted molar refractivity (Wildman–Crippen MR) is 224 cm³/mol. The fourth-order valence-electron chi connectivity index (χ4n) is 7.55. The van der Waals surface area contributed by atoms with Gasteiger partial charge in [-0.1, -0.05) is 40.5 Å². The van der Waals surface area contributed by atoms with Gasteiger partial charge < -0.3 is 57.9 Å². The van der Waals surface area contributed by atoms with Crippen LogP contribution in [0.4, 0.5) is 5.69 Å². The maximum atomic E-state index is 14.4. The minimum atomic E-state index is -1.71. The molecule has 63 heavy (non-hydrogen) atoms. The summed E-state index contributed by atoms with van der Waals surface area (Å²) >= 11 is 0.927. The van der Waals surface area contributed by atoms with Crippen LogP contribution in [0.25, 0.3) is 10.9 Å². The fraction of sp³-hybridized carbons (Fsp3) is 0.564. The summed E-state index contributed by atoms with van der Waals surface area (Å²) in [6, 6.07) is -4.74. The van der Waals surface area contributed by atoms with Gasteiger partial charge in [-0.2, -0.15) is 0 Å². The normalized spacial score (nSPS) is 27.0. The van der Waals surface area contributed by atoms with Gasteiger partial charge in [0.25, 0.3) is 5.69 Å². The number of aliphatic hydroxyl groups excluding tert-OH is 1. The molecule has 1 aromatic carbocycles. The minimum Gasteiger partial charge on any atom is -0.391 e. The lowest BCUT2D eigenvalue weighted by Crippen LogP contribution is -2.61. The van der Waals surface area contributed by atoms with Crippen LogP contribution in [0.1, 0.15) is 58.9 Å². The van der Waals surface area contributed by atoms with Gasteiger partial charge in [0.1, 0.15) is 36.3 Å². The number of hydrogen-bond donors (Lipinski definition) is 10. The predicted octanol–water partition coefficient (Wildman–Crippen LogP) is -2.68. The van der Waals surface area contributed by atoms with E-state index in [1.807, 2.05) is 0 Å². The van der Waals surface area contributed by atoms with Crippen molar-refractivity contribution in [2.24, 2.45) is 17.6 Å². The number of carbonyl (C=O) groups excluding carboxylic acids is 9. The van der Waals surface area contributed by atoms with E-state index in [2.05, 4.69) is 42.2 Å². The summed E-state index contributed by atoms with van der Waals surface area (Å²) in [4.78, 5) is 139. The molecule has 24 heteroatoms. The highest BCUT2D eigenvalue weighted by atomic mass is 32.2. The lowest BCUT2D eigenvalue weighted by atomic mass is 9.96. The molecule has 2 bridgehead atoms. The average molecular weight is 900 g/mol. The molecule has 4 heterocycles. The van der Waals surface area contributed by atoms with Crippen LogP contribution >= 0.6 is 11.8 Å². The van der Waals surface area contributed by atoms with E-state index in [-0.39, 0.29) is 34.8 Å². The van der Waals surface area contributed by atoms with Crippen molar-refractivity contribution in [2.45, 2.75) is 107 Å². The highest BCUT2D eigenvalue weighted by molar-refractivity contribution is 7.99. The first kappa shape index (κ1) is 47.7. The van der Waals surface area contributed by atoms with Crippen molar-refractivity contribution in [1.29, 1.82) is 0 Å². The Kier molecular flexibility index (Phi) is 15.7. The van der Waals surface area contributed by atoms with Gasteiger partial charge in [0.15, 0.2) is 0 Å². The number of non-ortho nitro benzene ring substituents is 1. The number of primary amides is 1. The summed E-state index contributed by atoms with van der Waals surface area (Å²) in [5, 5.41) is 41.0. The number of nitrogens with zero attached hydrogens (tertiary/aromatic N) is 2. The Morgan fingerprint density at radius 3 is 2.13 bits per heavy atom. The number of carbonyl (C=O) groups is 9. The van der Waals surface area contributed by atoms with Crippen LogP contribution < -0.4 is 43.0 Å². The third kappa shape index (κ3) is 11.6. The first-order chi connectivity index (χ1) is 29.8. The lowest BCUT2D eigenvalue weighted by molar-refractivity contribution is -0.384. The molecule has 3 aliphatic heterocycles. The summed E-state index contributed by atoms with van der Waals surface area (Å²) in [7, 11) is 0. The van der Waals surface area contributed by atoms with Crippen LogP contribution in [-0.2, 0) is 49.6 Å². The van der Waals surface area contributed by atoms with Crippen molar-refractivity contribution in [3.05, 3.63) is 33.9 Å². The first-order valence-electron chi connectivity index (χ1n) is 20.5. The number of nitrogens with one attached hydrogen (secondary N) is 8. The maximum Gasteiger partial charge on any atom is 0.271 e. The summed E-state index contributed by atoms with van der Waals surface area (Å²) in [5.41, 5.74) is 5.78. The highest BCUT2D eigenvalue weighted by Crippen LogP contribution is 2.34. The van der Waals surface area contributed by atoms with E-state index in [1.165, 1.54) is 18.2 Å². The Morgan fingerprint density at radius 2 is 1.49 bits per heavy atom. The van der Waals surface area contributed by atoms with Gasteiger partial charge in [-0.15, -0.1) is 11.8 Å². The number of amides is 9. The number of aliphatic hydroxyl groups is 1. The molecule has 9 amide bonds. The number of benzene rings is 1. The van der Waals surface area contributed by atoms with Crippen LogP contribution in [-0.4, -0.2) is 141 Å². The Bertz CT molecular complexity index is 2170. The number of aromatic nitrogens is 1. The number of hydrogen-bond acceptors (Lipinski definition) is 13. The molecule has 0 spiro atoms. The van der Waals surface area contributed by atoms with Gasteiger partial charge in [0.2, 0.25) is 53.2 Å². The van der Waals surface area contributed by atoms with E-state index in [9.17, 15) is 58.4 Å². The molecule has 11 N–H and O–H groups in total. The van der Waals surface area contributed by atoms with Crippen molar-refractivity contribution < 1.29 is 53.2 Å². The molecule has 1 saturated heterocycles. The molecule has 3 aliphatic rings. The Morgan fingerprint density at radius 1 is 0.857 bits per heavy atom. The number of thioether (sulfide) groups is 1. The molecule has 9 atom stereocenters. The van der Waals surface area contributed by atoms with Crippen LogP contribution in [0.5, 0.6) is 0 Å². The number of aromatic amines is 1. The molecule has 5 rings (SSSR count). The van der Waals surface area contributed by atoms with Gasteiger partial charge in [-0.25, -0.2) is 0 Å². The van der Waals surface area contributed by atoms with Crippen molar-refractivity contribution >= 4 is 81.5 Å². The fourth-order valence-corrected chi connectivity index (χ4v) is 8.67. The monoisotopic (exact) mass is 899 g/mol. The summed E-state index contributed by atoms with van der Waals surface area (Å²) in [5.74, 6) is -9.33. The van der Waals surface area contributed by atoms with Crippen molar-refractivity contribution in [3.8, 4) is 0 Å². The summed E-state index contributed by atoms with van der Waals surface area (Å²) in [6.45, 7) is 5.14. The molecule has 342 valence electrons. The van der Waals surface area contributed by atoms with E-state index >= 15 is 0 Å². The van der Waals surface area contributed by atoms with Gasteiger partial charge in [0.05, 0.1) is 41.1 Å². The Balaban J connectivity index is 1.71. The van der Waals surface area contributed by atoms with E-state index in [1.54, 1.807) is 27.7 Å². The molecule has 1 aromatic heterocycles. The number of nitro benzene ring substituents is 1. The molecule has 0 unspecified atom stereocenters. The number of fused-ring (bicyclic) bond motifs is 5.